The lowest BCUT2D eigenvalue weighted by Crippen LogP contribution is -2.54. The van der Waals surface area contributed by atoms with Crippen molar-refractivity contribution in [2.75, 3.05) is 39.9 Å². The first-order chi connectivity index (χ1) is 8.16. The number of nitriles is 1. The number of hydrogen-bond acceptors (Lipinski definition) is 4. The summed E-state index contributed by atoms with van der Waals surface area (Å²) in [6.07, 6.45) is 2.24. The Morgan fingerprint density at radius 3 is 2.65 bits per heavy atom. The largest absolute Gasteiger partial charge is 0.377 e. The van der Waals surface area contributed by atoms with Crippen LogP contribution in [0.5, 0.6) is 0 Å². The van der Waals surface area contributed by atoms with Crippen molar-refractivity contribution < 1.29 is 9.53 Å². The maximum Gasteiger partial charge on any atom is 0.245 e. The molecule has 0 radical (unpaired) electrons. The van der Waals surface area contributed by atoms with Crippen LogP contribution in [0.1, 0.15) is 12.8 Å². The van der Waals surface area contributed by atoms with Gasteiger partial charge in [-0.1, -0.05) is 0 Å². The molecule has 0 saturated carbocycles. The van der Waals surface area contributed by atoms with Crippen molar-refractivity contribution in [1.82, 2.24) is 10.2 Å². The topological polar surface area (TPSA) is 65.4 Å². The van der Waals surface area contributed by atoms with Crippen molar-refractivity contribution in [3.05, 3.63) is 0 Å². The highest BCUT2D eigenvalue weighted by molar-refractivity contribution is 5.86. The summed E-state index contributed by atoms with van der Waals surface area (Å²) in [6.45, 7) is 3.35. The molecule has 0 aromatic rings. The zero-order chi connectivity index (χ0) is 12.3. The fourth-order valence-electron chi connectivity index (χ4n) is 2.23. The summed E-state index contributed by atoms with van der Waals surface area (Å²) in [4.78, 5) is 14.2. The van der Waals surface area contributed by atoms with Crippen LogP contribution in [-0.4, -0.2) is 50.7 Å². The summed E-state index contributed by atoms with van der Waals surface area (Å²) in [6, 6.07) is 2.06. The Bertz CT molecular complexity index is 325. The highest BCUT2D eigenvalue weighted by Crippen LogP contribution is 2.26. The molecule has 5 nitrogen and oxygen atoms in total. The van der Waals surface area contributed by atoms with E-state index in [0.29, 0.717) is 12.5 Å². The molecule has 5 heteroatoms. The Hall–Kier alpha value is -1.12. The van der Waals surface area contributed by atoms with Crippen LogP contribution in [0.3, 0.4) is 0 Å². The Morgan fingerprint density at radius 1 is 1.53 bits per heavy atom. The molecule has 0 aliphatic carbocycles. The average Bonchev–Trinajstić information content (AvgIpc) is 2.27. The molecule has 2 saturated heterocycles. The van der Waals surface area contributed by atoms with E-state index >= 15 is 0 Å². The van der Waals surface area contributed by atoms with Gasteiger partial charge in [-0.3, -0.25) is 4.79 Å². The van der Waals surface area contributed by atoms with E-state index in [9.17, 15) is 4.79 Å². The molecule has 2 aliphatic rings. The van der Waals surface area contributed by atoms with Crippen LogP contribution in [0.15, 0.2) is 0 Å². The molecule has 2 heterocycles. The number of piperidine rings is 1. The molecule has 17 heavy (non-hydrogen) atoms. The number of rotatable bonds is 3. The number of nitrogens with one attached hydrogen (secondary N) is 1. The second kappa shape index (κ2) is 5.03. The number of carbonyl (C=O) groups excluding carboxylic acids is 1. The van der Waals surface area contributed by atoms with E-state index in [4.69, 9.17) is 10.00 Å². The van der Waals surface area contributed by atoms with Gasteiger partial charge < -0.3 is 15.0 Å². The van der Waals surface area contributed by atoms with Gasteiger partial charge in [0, 0.05) is 6.54 Å². The molecule has 0 atom stereocenters. The van der Waals surface area contributed by atoms with Crippen molar-refractivity contribution in [2.45, 2.75) is 12.8 Å². The predicted octanol–water partition coefficient (Wildman–Crippen LogP) is -0.0154. The second-order valence-corrected chi connectivity index (χ2v) is 5.14. The molecule has 94 valence electrons. The van der Waals surface area contributed by atoms with Crippen molar-refractivity contribution >= 4 is 5.91 Å². The van der Waals surface area contributed by atoms with Gasteiger partial charge in [0.25, 0.3) is 0 Å². The molecule has 0 bridgehead atoms. The summed E-state index contributed by atoms with van der Waals surface area (Å²) in [5, 5.41) is 11.9. The van der Waals surface area contributed by atoms with Crippen LogP contribution < -0.4 is 5.32 Å². The Kier molecular flexibility index (Phi) is 3.65. The monoisotopic (exact) mass is 237 g/mol. The SMILES string of the molecule is CN1CCC(CNC(=O)C2(C#N)COC2)CC1. The van der Waals surface area contributed by atoms with Crippen molar-refractivity contribution in [2.24, 2.45) is 11.3 Å². The maximum absolute atomic E-state index is 11.9. The predicted molar refractivity (Wildman–Crippen MR) is 62.1 cm³/mol. The molecule has 2 aliphatic heterocycles. The van der Waals surface area contributed by atoms with Crippen molar-refractivity contribution in [1.29, 1.82) is 5.26 Å². The molecule has 0 unspecified atom stereocenters. The van der Waals surface area contributed by atoms with E-state index in [-0.39, 0.29) is 19.1 Å². The maximum atomic E-state index is 11.9. The van der Waals surface area contributed by atoms with Crippen LogP contribution in [0.2, 0.25) is 0 Å². The molecule has 2 fully saturated rings. The van der Waals surface area contributed by atoms with Crippen LogP contribution in [0, 0.1) is 22.7 Å². The van der Waals surface area contributed by atoms with E-state index in [1.165, 1.54) is 0 Å². The molecule has 0 aromatic heterocycles. The van der Waals surface area contributed by atoms with Crippen LogP contribution in [0.4, 0.5) is 0 Å². The van der Waals surface area contributed by atoms with Crippen LogP contribution in [-0.2, 0) is 9.53 Å². The summed E-state index contributed by atoms with van der Waals surface area (Å²) >= 11 is 0. The van der Waals surface area contributed by atoms with Gasteiger partial charge in [-0.05, 0) is 38.9 Å². The lowest BCUT2D eigenvalue weighted by Gasteiger charge is -2.34. The summed E-state index contributed by atoms with van der Waals surface area (Å²) in [5.74, 6) is 0.386. The third-order valence-electron chi connectivity index (χ3n) is 3.74. The minimum atomic E-state index is -0.911. The number of nitrogens with zero attached hydrogens (tertiary/aromatic N) is 2. The minimum absolute atomic E-state index is 0.162. The molecule has 1 N–H and O–H groups in total. The summed E-state index contributed by atoms with van der Waals surface area (Å²) < 4.78 is 4.97. The number of ether oxygens (including phenoxy) is 1. The number of carbonyl (C=O) groups is 1. The van der Waals surface area contributed by atoms with E-state index in [0.717, 1.165) is 25.9 Å². The van der Waals surface area contributed by atoms with Gasteiger partial charge in [0.2, 0.25) is 5.91 Å². The van der Waals surface area contributed by atoms with Crippen LogP contribution >= 0.6 is 0 Å². The fourth-order valence-corrected chi connectivity index (χ4v) is 2.23. The highest BCUT2D eigenvalue weighted by atomic mass is 16.5. The third kappa shape index (κ3) is 2.59. The van der Waals surface area contributed by atoms with Gasteiger partial charge >= 0.3 is 0 Å². The zero-order valence-corrected chi connectivity index (χ0v) is 10.2. The molecular weight excluding hydrogens is 218 g/mol. The molecule has 0 spiro atoms. The van der Waals surface area contributed by atoms with E-state index < -0.39 is 5.41 Å². The first kappa shape index (κ1) is 12.3. The van der Waals surface area contributed by atoms with E-state index in [1.54, 1.807) is 0 Å². The Balaban J connectivity index is 1.75. The lowest BCUT2D eigenvalue weighted by atomic mass is 9.86. The van der Waals surface area contributed by atoms with Gasteiger partial charge in [-0.25, -0.2) is 0 Å². The van der Waals surface area contributed by atoms with Crippen molar-refractivity contribution in [3.8, 4) is 6.07 Å². The van der Waals surface area contributed by atoms with Gasteiger partial charge in [0.05, 0.1) is 19.3 Å². The quantitative estimate of drug-likeness (QED) is 0.749. The van der Waals surface area contributed by atoms with Gasteiger partial charge in [0.1, 0.15) is 0 Å². The number of amides is 1. The minimum Gasteiger partial charge on any atom is -0.377 e. The number of hydrogen-bond donors (Lipinski definition) is 1. The summed E-state index contributed by atoms with van der Waals surface area (Å²) in [5.41, 5.74) is -0.911. The van der Waals surface area contributed by atoms with E-state index in [1.807, 2.05) is 0 Å². The Morgan fingerprint density at radius 2 is 2.18 bits per heavy atom. The molecule has 2 rings (SSSR count). The summed E-state index contributed by atoms with van der Waals surface area (Å²) in [7, 11) is 2.12. The first-order valence-corrected chi connectivity index (χ1v) is 6.12. The third-order valence-corrected chi connectivity index (χ3v) is 3.74. The smallest absolute Gasteiger partial charge is 0.245 e. The highest BCUT2D eigenvalue weighted by Gasteiger charge is 2.46. The average molecular weight is 237 g/mol. The van der Waals surface area contributed by atoms with Gasteiger partial charge in [-0.2, -0.15) is 5.26 Å². The molecule has 1 amide bonds. The normalized spacial score (nSPS) is 24.7. The van der Waals surface area contributed by atoms with E-state index in [2.05, 4.69) is 23.3 Å². The van der Waals surface area contributed by atoms with Crippen LogP contribution in [0.25, 0.3) is 0 Å². The zero-order valence-electron chi connectivity index (χ0n) is 10.2. The number of likely N-dealkylation sites (tertiary alicyclic amines) is 1. The standard InChI is InChI=1S/C12H19N3O2/c1-15-4-2-10(3-5-15)6-14-11(16)12(7-13)8-17-9-12/h10H,2-6,8-9H2,1H3,(H,14,16). The first-order valence-electron chi connectivity index (χ1n) is 6.12. The molecule has 0 aromatic carbocycles. The Labute approximate surface area is 102 Å². The van der Waals surface area contributed by atoms with Crippen molar-refractivity contribution in [3.63, 3.8) is 0 Å². The lowest BCUT2D eigenvalue weighted by molar-refractivity contribution is -0.150. The fraction of sp³-hybridized carbons (Fsp3) is 0.833. The molecular formula is C12H19N3O2. The van der Waals surface area contributed by atoms with Gasteiger partial charge in [-0.15, -0.1) is 0 Å². The second-order valence-electron chi connectivity index (χ2n) is 5.14. The van der Waals surface area contributed by atoms with Gasteiger partial charge in [0.15, 0.2) is 5.41 Å².